The van der Waals surface area contributed by atoms with Crippen molar-refractivity contribution in [2.24, 2.45) is 0 Å². The zero-order chi connectivity index (χ0) is 21.5. The van der Waals surface area contributed by atoms with Gasteiger partial charge >= 0.3 is 0 Å². The Bertz CT molecular complexity index is 1570. The van der Waals surface area contributed by atoms with Gasteiger partial charge in [-0.05, 0) is 47.5 Å². The highest BCUT2D eigenvalue weighted by molar-refractivity contribution is 6.00. The van der Waals surface area contributed by atoms with Gasteiger partial charge in [0.15, 0.2) is 0 Å². The van der Waals surface area contributed by atoms with Gasteiger partial charge in [-0.15, -0.1) is 0 Å². The zero-order valence-corrected chi connectivity index (χ0v) is 17.1. The highest BCUT2D eigenvalue weighted by atomic mass is 16.5. The van der Waals surface area contributed by atoms with Crippen molar-refractivity contribution in [2.45, 2.75) is 0 Å². The topological polar surface area (TPSA) is 105 Å². The van der Waals surface area contributed by atoms with E-state index in [9.17, 15) is 0 Å². The Morgan fingerprint density at radius 3 is 2.59 bits per heavy atom. The van der Waals surface area contributed by atoms with Crippen molar-refractivity contribution in [3.8, 4) is 39.5 Å². The van der Waals surface area contributed by atoms with E-state index in [4.69, 9.17) is 4.74 Å². The number of nitrogens with zero attached hydrogens (tertiary/aromatic N) is 5. The van der Waals surface area contributed by atoms with Crippen LogP contribution in [0.15, 0.2) is 73.6 Å². The summed E-state index contributed by atoms with van der Waals surface area (Å²) in [6.45, 7) is 0. The van der Waals surface area contributed by atoms with Gasteiger partial charge in [0.1, 0.15) is 17.1 Å². The Labute approximate surface area is 182 Å². The molecule has 0 saturated heterocycles. The van der Waals surface area contributed by atoms with Crippen LogP contribution in [0.5, 0.6) is 5.75 Å². The van der Waals surface area contributed by atoms with E-state index in [1.54, 1.807) is 44.3 Å². The van der Waals surface area contributed by atoms with Crippen molar-refractivity contribution < 1.29 is 4.74 Å². The number of rotatable bonds is 4. The first-order chi connectivity index (χ1) is 15.8. The van der Waals surface area contributed by atoms with Gasteiger partial charge in [0.05, 0.1) is 36.4 Å². The molecule has 0 fully saturated rings. The molecule has 154 valence electrons. The number of hydrogen-bond acceptors (Lipinski definition) is 6. The van der Waals surface area contributed by atoms with Crippen molar-refractivity contribution in [2.75, 3.05) is 7.11 Å². The van der Waals surface area contributed by atoms with E-state index in [0.717, 1.165) is 55.7 Å². The highest BCUT2D eigenvalue weighted by Gasteiger charge is 2.15. The number of aromatic amines is 2. The first-order valence-corrected chi connectivity index (χ1v) is 10.0. The second kappa shape index (κ2) is 7.28. The number of hydrogen-bond donors (Lipinski definition) is 2. The Morgan fingerprint density at radius 2 is 1.72 bits per heavy atom. The fourth-order valence-electron chi connectivity index (χ4n) is 3.89. The molecule has 0 unspecified atom stereocenters. The molecule has 0 atom stereocenters. The van der Waals surface area contributed by atoms with Crippen LogP contribution in [0.25, 0.3) is 55.7 Å². The Balaban J connectivity index is 1.50. The minimum absolute atomic E-state index is 0.683. The Hall–Kier alpha value is -4.59. The monoisotopic (exact) mass is 419 g/mol. The van der Waals surface area contributed by atoms with Crippen LogP contribution in [0, 0.1) is 0 Å². The Morgan fingerprint density at radius 1 is 0.812 bits per heavy atom. The van der Waals surface area contributed by atoms with E-state index in [0.29, 0.717) is 5.75 Å². The highest BCUT2D eigenvalue weighted by Crippen LogP contribution is 2.34. The number of H-pyrrole nitrogens is 2. The van der Waals surface area contributed by atoms with Gasteiger partial charge in [0.25, 0.3) is 0 Å². The van der Waals surface area contributed by atoms with Gasteiger partial charge in [-0.1, -0.05) is 0 Å². The zero-order valence-electron chi connectivity index (χ0n) is 17.1. The van der Waals surface area contributed by atoms with Crippen LogP contribution in [-0.4, -0.2) is 42.2 Å². The van der Waals surface area contributed by atoms with E-state index in [1.165, 1.54) is 0 Å². The number of fused-ring (bicyclic) bond motifs is 2. The van der Waals surface area contributed by atoms with Crippen molar-refractivity contribution in [3.63, 3.8) is 0 Å². The van der Waals surface area contributed by atoms with E-state index in [-0.39, 0.29) is 0 Å². The molecule has 8 heteroatoms. The summed E-state index contributed by atoms with van der Waals surface area (Å²) < 4.78 is 5.30. The van der Waals surface area contributed by atoms with E-state index in [2.05, 4.69) is 41.2 Å². The predicted molar refractivity (Wildman–Crippen MR) is 122 cm³/mol. The average molecular weight is 419 g/mol. The summed E-state index contributed by atoms with van der Waals surface area (Å²) in [5, 5.41) is 9.61. The fourth-order valence-corrected chi connectivity index (χ4v) is 3.89. The van der Waals surface area contributed by atoms with E-state index >= 15 is 0 Å². The largest absolute Gasteiger partial charge is 0.495 e. The molecule has 0 bridgehead atoms. The summed E-state index contributed by atoms with van der Waals surface area (Å²) in [6.07, 6.45) is 10.6. The quantitative estimate of drug-likeness (QED) is 0.431. The van der Waals surface area contributed by atoms with E-state index < -0.39 is 0 Å². The molecule has 6 rings (SSSR count). The molecule has 0 amide bonds. The number of nitrogens with one attached hydrogen (secondary N) is 2. The number of pyridine rings is 4. The molecular formula is C24H17N7O. The maximum atomic E-state index is 5.30. The Kier molecular flexibility index (Phi) is 4.14. The van der Waals surface area contributed by atoms with Crippen LogP contribution >= 0.6 is 0 Å². The van der Waals surface area contributed by atoms with Crippen LogP contribution < -0.4 is 4.74 Å². The molecule has 8 nitrogen and oxygen atoms in total. The first-order valence-electron chi connectivity index (χ1n) is 10.0. The molecule has 6 heterocycles. The van der Waals surface area contributed by atoms with Crippen LogP contribution in [0.1, 0.15) is 0 Å². The maximum absolute atomic E-state index is 5.30. The molecule has 0 radical (unpaired) electrons. The number of methoxy groups -OCH3 is 1. The van der Waals surface area contributed by atoms with Crippen molar-refractivity contribution in [3.05, 3.63) is 73.6 Å². The summed E-state index contributed by atoms with van der Waals surface area (Å²) in [5.41, 5.74) is 7.16. The summed E-state index contributed by atoms with van der Waals surface area (Å²) in [5.74, 6) is 0.683. The fraction of sp³-hybridized carbons (Fsp3) is 0.0417. The molecular weight excluding hydrogens is 402 g/mol. The molecule has 6 aromatic rings. The molecule has 2 N–H and O–H groups in total. The molecule has 0 aliphatic rings. The molecule has 0 saturated carbocycles. The average Bonchev–Trinajstić information content (AvgIpc) is 3.48. The van der Waals surface area contributed by atoms with E-state index in [1.807, 2.05) is 30.3 Å². The summed E-state index contributed by atoms with van der Waals surface area (Å²) in [4.78, 5) is 20.9. The van der Waals surface area contributed by atoms with Gasteiger partial charge in [-0.25, -0.2) is 4.98 Å². The molecule has 6 aromatic heterocycles. The molecule has 0 aliphatic carbocycles. The summed E-state index contributed by atoms with van der Waals surface area (Å²) in [6, 6.07) is 12.0. The normalized spacial score (nSPS) is 11.3. The first kappa shape index (κ1) is 18.2. The second-order valence-electron chi connectivity index (χ2n) is 7.34. The van der Waals surface area contributed by atoms with Gasteiger partial charge in [-0.2, -0.15) is 5.10 Å². The molecule has 0 aromatic carbocycles. The molecule has 32 heavy (non-hydrogen) atoms. The van der Waals surface area contributed by atoms with Crippen LogP contribution in [0.2, 0.25) is 0 Å². The third kappa shape index (κ3) is 2.97. The molecule has 0 spiro atoms. The maximum Gasteiger partial charge on any atom is 0.138 e. The van der Waals surface area contributed by atoms with Crippen molar-refractivity contribution in [1.82, 2.24) is 35.1 Å². The smallest absolute Gasteiger partial charge is 0.138 e. The van der Waals surface area contributed by atoms with Gasteiger partial charge in [0, 0.05) is 41.1 Å². The van der Waals surface area contributed by atoms with Gasteiger partial charge < -0.3 is 9.72 Å². The minimum atomic E-state index is 0.683. The second-order valence-corrected chi connectivity index (χ2v) is 7.34. The lowest BCUT2D eigenvalue weighted by atomic mass is 10.0. The number of ether oxygens (including phenoxy) is 1. The summed E-state index contributed by atoms with van der Waals surface area (Å²) in [7, 11) is 1.62. The number of aromatic nitrogens is 7. The minimum Gasteiger partial charge on any atom is -0.495 e. The van der Waals surface area contributed by atoms with Crippen LogP contribution in [0.4, 0.5) is 0 Å². The standard InChI is InChI=1S/C24H17N7O/c1-32-16-8-15(11-26-12-16)20-10-19-22(13-28-20)30-31-23(19)21-9-18-17(4-7-27-24(18)29-21)14-2-5-25-6-3-14/h2-13H,1H3,(H,27,29)(H,30,31). The van der Waals surface area contributed by atoms with Crippen LogP contribution in [-0.2, 0) is 0 Å². The lowest BCUT2D eigenvalue weighted by Crippen LogP contribution is -1.88. The lowest BCUT2D eigenvalue weighted by molar-refractivity contribution is 0.413. The van der Waals surface area contributed by atoms with Crippen molar-refractivity contribution in [1.29, 1.82) is 0 Å². The van der Waals surface area contributed by atoms with Gasteiger partial charge in [-0.3, -0.25) is 20.1 Å². The molecule has 0 aliphatic heterocycles. The van der Waals surface area contributed by atoms with Crippen LogP contribution in [0.3, 0.4) is 0 Å². The lowest BCUT2D eigenvalue weighted by Gasteiger charge is -2.04. The summed E-state index contributed by atoms with van der Waals surface area (Å²) >= 11 is 0. The van der Waals surface area contributed by atoms with Crippen molar-refractivity contribution >= 4 is 21.9 Å². The van der Waals surface area contributed by atoms with Gasteiger partial charge in [0.2, 0.25) is 0 Å². The third-order valence-electron chi connectivity index (χ3n) is 5.47. The predicted octanol–water partition coefficient (Wildman–Crippen LogP) is 4.63. The SMILES string of the molecule is COc1cncc(-c2cc3c(-c4cc5c(-c6ccncc6)ccnc5[nH]4)n[nH]c3cn2)c1. The third-order valence-corrected chi connectivity index (χ3v) is 5.47.